The number of hydrogen-bond donors (Lipinski definition) is 1. The quantitative estimate of drug-likeness (QED) is 0.753. The van der Waals surface area contributed by atoms with Crippen LogP contribution < -0.4 is 5.43 Å². The van der Waals surface area contributed by atoms with E-state index in [0.29, 0.717) is 0 Å². The fourth-order valence-electron chi connectivity index (χ4n) is 1.13. The first-order valence-electron chi connectivity index (χ1n) is 4.18. The van der Waals surface area contributed by atoms with E-state index in [1.165, 1.54) is 0 Å². The molecule has 0 spiro atoms. The molecular formula is C10H11N3. The first kappa shape index (κ1) is 7.86. The molecule has 0 saturated carbocycles. The summed E-state index contributed by atoms with van der Waals surface area (Å²) >= 11 is 0. The minimum absolute atomic E-state index is 0.888. The van der Waals surface area contributed by atoms with Crippen LogP contribution in [-0.2, 0) is 0 Å². The van der Waals surface area contributed by atoms with Gasteiger partial charge in [-0.25, -0.2) is 4.98 Å². The number of rotatable bonds is 2. The molecule has 0 radical (unpaired) electrons. The van der Waals surface area contributed by atoms with Gasteiger partial charge in [0.1, 0.15) is 5.82 Å². The number of anilines is 1. The van der Waals surface area contributed by atoms with Crippen LogP contribution in [0.5, 0.6) is 0 Å². The summed E-state index contributed by atoms with van der Waals surface area (Å²) in [6, 6.07) is 7.88. The van der Waals surface area contributed by atoms with Gasteiger partial charge in [0, 0.05) is 18.6 Å². The lowest BCUT2D eigenvalue weighted by atomic mass is 10.3. The molecule has 3 nitrogen and oxygen atoms in total. The SMILES string of the molecule is Cc1cccnc1Nn1cccc1. The highest BCUT2D eigenvalue weighted by Crippen LogP contribution is 2.09. The van der Waals surface area contributed by atoms with Gasteiger partial charge < -0.3 is 0 Å². The van der Waals surface area contributed by atoms with Crippen LogP contribution in [0, 0.1) is 6.92 Å². The van der Waals surface area contributed by atoms with E-state index >= 15 is 0 Å². The van der Waals surface area contributed by atoms with E-state index in [-0.39, 0.29) is 0 Å². The lowest BCUT2D eigenvalue weighted by Crippen LogP contribution is -2.08. The minimum atomic E-state index is 0.888. The molecule has 0 saturated heterocycles. The van der Waals surface area contributed by atoms with E-state index in [0.717, 1.165) is 11.4 Å². The number of aryl methyl sites for hydroxylation is 1. The fraction of sp³-hybridized carbons (Fsp3) is 0.100. The zero-order valence-corrected chi connectivity index (χ0v) is 7.44. The second kappa shape index (κ2) is 3.31. The number of pyridine rings is 1. The van der Waals surface area contributed by atoms with Crippen molar-refractivity contribution >= 4 is 5.82 Å². The van der Waals surface area contributed by atoms with Gasteiger partial charge in [0.05, 0.1) is 0 Å². The second-order valence-electron chi connectivity index (χ2n) is 2.87. The van der Waals surface area contributed by atoms with Crippen molar-refractivity contribution in [1.29, 1.82) is 0 Å². The Bertz CT molecular complexity index is 379. The molecule has 0 aliphatic rings. The van der Waals surface area contributed by atoms with Gasteiger partial charge in [-0.3, -0.25) is 10.1 Å². The maximum Gasteiger partial charge on any atom is 0.147 e. The third-order valence-electron chi connectivity index (χ3n) is 1.85. The monoisotopic (exact) mass is 173 g/mol. The molecule has 3 heteroatoms. The number of nitrogens with zero attached hydrogens (tertiary/aromatic N) is 2. The first-order chi connectivity index (χ1) is 6.36. The van der Waals surface area contributed by atoms with Gasteiger partial charge in [-0.1, -0.05) is 6.07 Å². The van der Waals surface area contributed by atoms with Gasteiger partial charge in [-0.05, 0) is 30.7 Å². The molecule has 0 atom stereocenters. The van der Waals surface area contributed by atoms with Crippen molar-refractivity contribution < 1.29 is 0 Å². The zero-order chi connectivity index (χ0) is 9.10. The Morgan fingerprint density at radius 3 is 2.69 bits per heavy atom. The van der Waals surface area contributed by atoms with Gasteiger partial charge in [0.2, 0.25) is 0 Å². The summed E-state index contributed by atoms with van der Waals surface area (Å²) in [5, 5.41) is 0. The summed E-state index contributed by atoms with van der Waals surface area (Å²) in [5.74, 6) is 0.888. The summed E-state index contributed by atoms with van der Waals surface area (Å²) in [6.07, 6.45) is 5.65. The fourth-order valence-corrected chi connectivity index (χ4v) is 1.13. The standard InChI is InChI=1S/C10H11N3/c1-9-5-4-6-11-10(9)12-13-7-2-3-8-13/h2-8H,1H3,(H,11,12). The Morgan fingerprint density at radius 1 is 1.23 bits per heavy atom. The summed E-state index contributed by atoms with van der Waals surface area (Å²) in [5.41, 5.74) is 4.29. The molecule has 1 N–H and O–H groups in total. The molecular weight excluding hydrogens is 162 g/mol. The van der Waals surface area contributed by atoms with Crippen LogP contribution in [0.2, 0.25) is 0 Å². The molecule has 0 bridgehead atoms. The van der Waals surface area contributed by atoms with Crippen molar-refractivity contribution in [3.63, 3.8) is 0 Å². The molecule has 2 heterocycles. The van der Waals surface area contributed by atoms with Crippen LogP contribution in [0.4, 0.5) is 5.82 Å². The van der Waals surface area contributed by atoms with E-state index in [1.54, 1.807) is 6.20 Å². The van der Waals surface area contributed by atoms with Crippen LogP contribution in [0.15, 0.2) is 42.9 Å². The third kappa shape index (κ3) is 1.69. The molecule has 2 aromatic rings. The molecule has 13 heavy (non-hydrogen) atoms. The molecule has 0 unspecified atom stereocenters. The molecule has 0 aliphatic heterocycles. The Balaban J connectivity index is 2.24. The molecule has 2 aromatic heterocycles. The largest absolute Gasteiger partial charge is 0.278 e. The van der Waals surface area contributed by atoms with E-state index in [2.05, 4.69) is 10.4 Å². The number of nitrogens with one attached hydrogen (secondary N) is 1. The minimum Gasteiger partial charge on any atom is -0.278 e. The molecule has 0 aliphatic carbocycles. The van der Waals surface area contributed by atoms with Crippen LogP contribution in [0.3, 0.4) is 0 Å². The van der Waals surface area contributed by atoms with Crippen LogP contribution in [-0.4, -0.2) is 9.66 Å². The summed E-state index contributed by atoms with van der Waals surface area (Å²) in [7, 11) is 0. The topological polar surface area (TPSA) is 29.9 Å². The van der Waals surface area contributed by atoms with Crippen LogP contribution in [0.1, 0.15) is 5.56 Å². The maximum absolute atomic E-state index is 4.22. The molecule has 0 aromatic carbocycles. The lowest BCUT2D eigenvalue weighted by molar-refractivity contribution is 0.947. The Labute approximate surface area is 77.0 Å². The van der Waals surface area contributed by atoms with Crippen LogP contribution in [0.25, 0.3) is 0 Å². The second-order valence-corrected chi connectivity index (χ2v) is 2.87. The third-order valence-corrected chi connectivity index (χ3v) is 1.85. The summed E-state index contributed by atoms with van der Waals surface area (Å²) in [6.45, 7) is 2.03. The maximum atomic E-state index is 4.22. The van der Waals surface area contributed by atoms with E-state index < -0.39 is 0 Å². The molecule has 0 amide bonds. The van der Waals surface area contributed by atoms with Gasteiger partial charge in [0.15, 0.2) is 0 Å². The van der Waals surface area contributed by atoms with Crippen molar-refractivity contribution in [3.8, 4) is 0 Å². The van der Waals surface area contributed by atoms with Crippen molar-refractivity contribution in [2.75, 3.05) is 5.43 Å². The zero-order valence-electron chi connectivity index (χ0n) is 7.44. The first-order valence-corrected chi connectivity index (χ1v) is 4.18. The van der Waals surface area contributed by atoms with Crippen molar-refractivity contribution in [1.82, 2.24) is 9.66 Å². The number of hydrogen-bond acceptors (Lipinski definition) is 2. The smallest absolute Gasteiger partial charge is 0.147 e. The van der Waals surface area contributed by atoms with Gasteiger partial charge in [0.25, 0.3) is 0 Å². The van der Waals surface area contributed by atoms with Gasteiger partial charge in [-0.2, -0.15) is 0 Å². The highest BCUT2D eigenvalue weighted by molar-refractivity contribution is 5.42. The van der Waals surface area contributed by atoms with Crippen molar-refractivity contribution in [2.45, 2.75) is 6.92 Å². The molecule has 2 rings (SSSR count). The Kier molecular flexibility index (Phi) is 2.00. The molecule has 66 valence electrons. The highest BCUT2D eigenvalue weighted by Gasteiger charge is 1.96. The average molecular weight is 173 g/mol. The lowest BCUT2D eigenvalue weighted by Gasteiger charge is -2.08. The van der Waals surface area contributed by atoms with E-state index in [4.69, 9.17) is 0 Å². The van der Waals surface area contributed by atoms with Gasteiger partial charge in [-0.15, -0.1) is 0 Å². The normalized spacial score (nSPS) is 9.92. The Hall–Kier alpha value is -1.77. The molecule has 0 fully saturated rings. The van der Waals surface area contributed by atoms with Crippen LogP contribution >= 0.6 is 0 Å². The predicted molar refractivity (Wildman–Crippen MR) is 52.4 cm³/mol. The highest BCUT2D eigenvalue weighted by atomic mass is 15.4. The van der Waals surface area contributed by atoms with Crippen molar-refractivity contribution in [2.24, 2.45) is 0 Å². The van der Waals surface area contributed by atoms with Crippen molar-refractivity contribution in [3.05, 3.63) is 48.4 Å². The number of aromatic nitrogens is 2. The predicted octanol–water partition coefficient (Wildman–Crippen LogP) is 2.07. The Morgan fingerprint density at radius 2 is 2.00 bits per heavy atom. The summed E-state index contributed by atoms with van der Waals surface area (Å²) < 4.78 is 1.87. The van der Waals surface area contributed by atoms with E-state index in [1.807, 2.05) is 48.3 Å². The average Bonchev–Trinajstić information content (AvgIpc) is 2.61. The summed E-state index contributed by atoms with van der Waals surface area (Å²) in [4.78, 5) is 4.22. The van der Waals surface area contributed by atoms with E-state index in [9.17, 15) is 0 Å². The van der Waals surface area contributed by atoms with Gasteiger partial charge >= 0.3 is 0 Å².